The zero-order valence-corrected chi connectivity index (χ0v) is 13.1. The van der Waals surface area contributed by atoms with Crippen molar-refractivity contribution in [3.8, 4) is 0 Å². The first-order chi connectivity index (χ1) is 9.13. The number of carbonyl (C=O) groups is 1. The molecule has 2 atom stereocenters. The number of benzene rings is 1. The Hall–Kier alpha value is -1.42. The molecule has 0 saturated carbocycles. The summed E-state index contributed by atoms with van der Waals surface area (Å²) in [6, 6.07) is 5.96. The molecule has 0 spiro atoms. The Labute approximate surface area is 120 Å². The van der Waals surface area contributed by atoms with Crippen molar-refractivity contribution in [2.75, 3.05) is 7.05 Å². The van der Waals surface area contributed by atoms with Crippen molar-refractivity contribution in [1.82, 2.24) is 4.90 Å². The van der Waals surface area contributed by atoms with Crippen molar-refractivity contribution in [2.45, 2.75) is 52.3 Å². The van der Waals surface area contributed by atoms with Crippen LogP contribution < -0.4 is 0 Å². The van der Waals surface area contributed by atoms with E-state index in [2.05, 4.69) is 0 Å². The highest BCUT2D eigenvalue weighted by molar-refractivity contribution is 5.75. The van der Waals surface area contributed by atoms with Gasteiger partial charge in [0.1, 0.15) is 17.5 Å². The van der Waals surface area contributed by atoms with Crippen LogP contribution in [0.4, 0.5) is 4.39 Å². The number of nitrogens with zero attached hydrogens (tertiary/aromatic N) is 1. The van der Waals surface area contributed by atoms with E-state index in [0.717, 1.165) is 0 Å². The van der Waals surface area contributed by atoms with Crippen molar-refractivity contribution < 1.29 is 13.9 Å². The second-order valence-electron chi connectivity index (χ2n) is 6.07. The molecule has 0 fully saturated rings. The van der Waals surface area contributed by atoms with Crippen LogP contribution in [0.1, 0.15) is 46.2 Å². The largest absolute Gasteiger partial charge is 0.459 e. The summed E-state index contributed by atoms with van der Waals surface area (Å²) in [6.45, 7) is 9.14. The number of hydrogen-bond acceptors (Lipinski definition) is 3. The van der Waals surface area contributed by atoms with Crippen LogP contribution in [0, 0.1) is 5.82 Å². The van der Waals surface area contributed by atoms with Crippen molar-refractivity contribution in [3.63, 3.8) is 0 Å². The van der Waals surface area contributed by atoms with Crippen molar-refractivity contribution in [3.05, 3.63) is 35.6 Å². The molecule has 112 valence electrons. The topological polar surface area (TPSA) is 29.5 Å². The summed E-state index contributed by atoms with van der Waals surface area (Å²) in [6.07, 6.45) is 0. The highest BCUT2D eigenvalue weighted by Gasteiger charge is 2.28. The fraction of sp³-hybridized carbons (Fsp3) is 0.562. The van der Waals surface area contributed by atoms with E-state index >= 15 is 0 Å². The summed E-state index contributed by atoms with van der Waals surface area (Å²) < 4.78 is 19.2. The van der Waals surface area contributed by atoms with Crippen molar-refractivity contribution in [1.29, 1.82) is 0 Å². The Morgan fingerprint density at radius 1 is 1.25 bits per heavy atom. The maximum Gasteiger partial charge on any atom is 0.323 e. The fourth-order valence-corrected chi connectivity index (χ4v) is 1.92. The van der Waals surface area contributed by atoms with Crippen LogP contribution in [0.3, 0.4) is 0 Å². The van der Waals surface area contributed by atoms with Crippen LogP contribution >= 0.6 is 0 Å². The van der Waals surface area contributed by atoms with Gasteiger partial charge in [-0.05, 0) is 47.7 Å². The predicted octanol–water partition coefficient (Wildman–Crippen LogP) is 3.55. The third-order valence-electron chi connectivity index (χ3n) is 3.33. The van der Waals surface area contributed by atoms with Crippen LogP contribution in [0.25, 0.3) is 0 Å². The van der Waals surface area contributed by atoms with E-state index in [0.29, 0.717) is 5.56 Å². The first kappa shape index (κ1) is 16.6. The average Bonchev–Trinajstić information content (AvgIpc) is 2.34. The van der Waals surface area contributed by atoms with E-state index < -0.39 is 11.6 Å². The molecule has 0 saturated heterocycles. The molecule has 0 amide bonds. The number of carbonyl (C=O) groups excluding carboxylic acids is 1. The minimum atomic E-state index is -0.520. The van der Waals surface area contributed by atoms with Gasteiger partial charge in [-0.25, -0.2) is 4.39 Å². The van der Waals surface area contributed by atoms with E-state index in [1.165, 1.54) is 6.07 Å². The summed E-state index contributed by atoms with van der Waals surface area (Å²) in [5, 5.41) is 0. The number of hydrogen-bond donors (Lipinski definition) is 0. The van der Waals surface area contributed by atoms with Gasteiger partial charge in [-0.3, -0.25) is 9.69 Å². The molecule has 0 aliphatic rings. The van der Waals surface area contributed by atoms with Crippen molar-refractivity contribution in [2.24, 2.45) is 0 Å². The number of rotatable bonds is 4. The standard InChI is InChI=1S/C16H24FNO2/c1-11(13-9-7-8-10-14(13)17)18(6)12(2)15(19)20-16(3,4)5/h7-12H,1-6H3. The molecule has 20 heavy (non-hydrogen) atoms. The lowest BCUT2D eigenvalue weighted by atomic mass is 10.1. The molecule has 1 rings (SSSR count). The smallest absolute Gasteiger partial charge is 0.323 e. The van der Waals surface area contributed by atoms with E-state index in [1.807, 2.05) is 32.6 Å². The first-order valence-electron chi connectivity index (χ1n) is 6.82. The summed E-state index contributed by atoms with van der Waals surface area (Å²) in [7, 11) is 1.80. The van der Waals surface area contributed by atoms with Crippen LogP contribution in [-0.4, -0.2) is 29.6 Å². The fourth-order valence-electron chi connectivity index (χ4n) is 1.92. The summed E-state index contributed by atoms with van der Waals surface area (Å²) in [5.41, 5.74) is 0.0540. The zero-order valence-electron chi connectivity index (χ0n) is 13.1. The Balaban J connectivity index is 2.81. The van der Waals surface area contributed by atoms with Gasteiger partial charge in [0.2, 0.25) is 0 Å². The second-order valence-corrected chi connectivity index (χ2v) is 6.07. The number of ether oxygens (including phenoxy) is 1. The molecule has 0 heterocycles. The van der Waals surface area contributed by atoms with E-state index in [1.54, 1.807) is 32.2 Å². The van der Waals surface area contributed by atoms with Gasteiger partial charge in [0, 0.05) is 11.6 Å². The normalized spacial score (nSPS) is 15.0. The molecule has 0 aromatic heterocycles. The highest BCUT2D eigenvalue weighted by atomic mass is 19.1. The maximum atomic E-state index is 13.8. The molecule has 0 aliphatic carbocycles. The number of halogens is 1. The molecule has 3 nitrogen and oxygen atoms in total. The monoisotopic (exact) mass is 281 g/mol. The maximum absolute atomic E-state index is 13.8. The van der Waals surface area contributed by atoms with Gasteiger partial charge in [0.15, 0.2) is 0 Å². The van der Waals surface area contributed by atoms with Gasteiger partial charge < -0.3 is 4.74 Å². The summed E-state index contributed by atoms with van der Waals surface area (Å²) in [5.74, 6) is -0.563. The Kier molecular flexibility index (Phi) is 5.28. The van der Waals surface area contributed by atoms with Gasteiger partial charge in [0.25, 0.3) is 0 Å². The molecule has 1 aromatic carbocycles. The van der Waals surface area contributed by atoms with Crippen LogP contribution in [0.15, 0.2) is 24.3 Å². The van der Waals surface area contributed by atoms with Gasteiger partial charge in [-0.2, -0.15) is 0 Å². The Bertz CT molecular complexity index is 468. The number of likely N-dealkylation sites (N-methyl/N-ethyl adjacent to an activating group) is 1. The summed E-state index contributed by atoms with van der Waals surface area (Å²) in [4.78, 5) is 13.9. The number of esters is 1. The lowest BCUT2D eigenvalue weighted by Gasteiger charge is -2.32. The molecule has 0 N–H and O–H groups in total. The average molecular weight is 281 g/mol. The quantitative estimate of drug-likeness (QED) is 0.790. The van der Waals surface area contributed by atoms with Crippen molar-refractivity contribution >= 4 is 5.97 Å². The predicted molar refractivity (Wildman–Crippen MR) is 77.9 cm³/mol. The van der Waals surface area contributed by atoms with Gasteiger partial charge in [-0.15, -0.1) is 0 Å². The molecular weight excluding hydrogens is 257 g/mol. The zero-order chi connectivity index (χ0) is 15.5. The minimum Gasteiger partial charge on any atom is -0.459 e. The van der Waals surface area contributed by atoms with Gasteiger partial charge in [-0.1, -0.05) is 18.2 Å². The molecule has 1 aromatic rings. The van der Waals surface area contributed by atoms with Gasteiger partial charge >= 0.3 is 5.97 Å². The molecule has 0 radical (unpaired) electrons. The molecule has 0 aliphatic heterocycles. The van der Waals surface area contributed by atoms with Crippen LogP contribution in [0.2, 0.25) is 0 Å². The van der Waals surface area contributed by atoms with Gasteiger partial charge in [0.05, 0.1) is 0 Å². The first-order valence-corrected chi connectivity index (χ1v) is 6.82. The van der Waals surface area contributed by atoms with Crippen LogP contribution in [0.5, 0.6) is 0 Å². The SMILES string of the molecule is CC(C(=O)OC(C)(C)C)N(C)C(C)c1ccccc1F. The lowest BCUT2D eigenvalue weighted by molar-refractivity contribution is -0.161. The lowest BCUT2D eigenvalue weighted by Crippen LogP contribution is -2.41. The highest BCUT2D eigenvalue weighted by Crippen LogP contribution is 2.24. The summed E-state index contributed by atoms with van der Waals surface area (Å²) >= 11 is 0. The molecule has 4 heteroatoms. The minimum absolute atomic E-state index is 0.210. The Morgan fingerprint density at radius 2 is 1.80 bits per heavy atom. The Morgan fingerprint density at radius 3 is 2.30 bits per heavy atom. The molecular formula is C16H24FNO2. The van der Waals surface area contributed by atoms with E-state index in [4.69, 9.17) is 4.74 Å². The van der Waals surface area contributed by atoms with Crippen LogP contribution in [-0.2, 0) is 9.53 Å². The van der Waals surface area contributed by atoms with E-state index in [-0.39, 0.29) is 17.8 Å². The third kappa shape index (κ3) is 4.30. The molecule has 2 unspecified atom stereocenters. The third-order valence-corrected chi connectivity index (χ3v) is 3.33. The second kappa shape index (κ2) is 6.35. The van der Waals surface area contributed by atoms with E-state index in [9.17, 15) is 9.18 Å². The molecule has 0 bridgehead atoms.